The Bertz CT molecular complexity index is 1250. The summed E-state index contributed by atoms with van der Waals surface area (Å²) in [5.41, 5.74) is 0. The van der Waals surface area contributed by atoms with Crippen molar-refractivity contribution in [2.24, 2.45) is 0 Å². The standard InChI is InChI=1S/C58H98O6/c1-4-7-10-13-16-19-22-24-26-28-30-31-33-36-39-42-45-48-51-57(60)63-54-55(53-62-56(59)50-47-44-41-38-35-21-18-15-12-9-6-3)64-58(61)52-49-46-43-40-37-34-32-29-27-25-23-20-17-14-11-8-5-2/h10,13,15-16,18-19,21-22,24,26,28,30-31,35,55H,4-9,11-12,14,17,20,23,25,27,29,32-34,36-54H2,1-3H3/b13-10-,18-15-,19-16-,24-22-,28-26-,31-30-,35-21-. The monoisotopic (exact) mass is 891 g/mol. The molecule has 0 spiro atoms. The first-order valence-electron chi connectivity index (χ1n) is 26.7. The van der Waals surface area contributed by atoms with Crippen LogP contribution in [0.1, 0.15) is 245 Å². The Morgan fingerprint density at radius 1 is 0.312 bits per heavy atom. The van der Waals surface area contributed by atoms with E-state index < -0.39 is 6.10 Å². The van der Waals surface area contributed by atoms with Crippen molar-refractivity contribution in [3.63, 3.8) is 0 Å². The van der Waals surface area contributed by atoms with Gasteiger partial charge < -0.3 is 14.2 Å². The van der Waals surface area contributed by atoms with Crippen molar-refractivity contribution in [1.29, 1.82) is 0 Å². The van der Waals surface area contributed by atoms with E-state index in [9.17, 15) is 14.4 Å². The molecule has 0 amide bonds. The molecule has 0 bridgehead atoms. The van der Waals surface area contributed by atoms with Crippen LogP contribution in [0.5, 0.6) is 0 Å². The molecule has 0 heterocycles. The minimum absolute atomic E-state index is 0.0974. The molecule has 1 unspecified atom stereocenters. The lowest BCUT2D eigenvalue weighted by molar-refractivity contribution is -0.167. The summed E-state index contributed by atoms with van der Waals surface area (Å²) < 4.78 is 16.8. The molecule has 0 rings (SSSR count). The van der Waals surface area contributed by atoms with Gasteiger partial charge in [-0.25, -0.2) is 0 Å². The van der Waals surface area contributed by atoms with Gasteiger partial charge in [0.2, 0.25) is 0 Å². The molecule has 0 aliphatic rings. The van der Waals surface area contributed by atoms with Crippen LogP contribution in [0.4, 0.5) is 0 Å². The molecule has 6 nitrogen and oxygen atoms in total. The van der Waals surface area contributed by atoms with Gasteiger partial charge in [-0.1, -0.05) is 254 Å². The Balaban J connectivity index is 4.43. The van der Waals surface area contributed by atoms with Crippen molar-refractivity contribution in [1.82, 2.24) is 0 Å². The van der Waals surface area contributed by atoms with Gasteiger partial charge >= 0.3 is 17.9 Å². The third kappa shape index (κ3) is 49.6. The first-order chi connectivity index (χ1) is 31.5. The van der Waals surface area contributed by atoms with Crippen molar-refractivity contribution < 1.29 is 28.6 Å². The predicted molar refractivity (Wildman–Crippen MR) is 274 cm³/mol. The maximum Gasteiger partial charge on any atom is 0.306 e. The smallest absolute Gasteiger partial charge is 0.306 e. The summed E-state index contributed by atoms with van der Waals surface area (Å²) in [7, 11) is 0. The Hall–Kier alpha value is -3.41. The predicted octanol–water partition coefficient (Wildman–Crippen LogP) is 17.6. The number of hydrogen-bond donors (Lipinski definition) is 0. The molecule has 0 aliphatic heterocycles. The highest BCUT2D eigenvalue weighted by Gasteiger charge is 2.19. The van der Waals surface area contributed by atoms with Gasteiger partial charge in [0.15, 0.2) is 6.10 Å². The van der Waals surface area contributed by atoms with E-state index in [1.165, 1.54) is 109 Å². The van der Waals surface area contributed by atoms with E-state index in [1.807, 2.05) is 24.3 Å². The zero-order valence-electron chi connectivity index (χ0n) is 41.8. The van der Waals surface area contributed by atoms with Crippen LogP contribution in [0.3, 0.4) is 0 Å². The van der Waals surface area contributed by atoms with E-state index in [2.05, 4.69) is 81.5 Å². The van der Waals surface area contributed by atoms with Crippen LogP contribution in [0, 0.1) is 0 Å². The van der Waals surface area contributed by atoms with E-state index in [1.54, 1.807) is 0 Å². The summed E-state index contributed by atoms with van der Waals surface area (Å²) in [5.74, 6) is -0.945. The van der Waals surface area contributed by atoms with Crippen LogP contribution in [0.15, 0.2) is 85.1 Å². The maximum absolute atomic E-state index is 12.8. The molecule has 0 aromatic heterocycles. The van der Waals surface area contributed by atoms with Gasteiger partial charge in [0.05, 0.1) is 0 Å². The highest BCUT2D eigenvalue weighted by atomic mass is 16.6. The van der Waals surface area contributed by atoms with Gasteiger partial charge in [0, 0.05) is 19.3 Å². The molecule has 0 saturated heterocycles. The third-order valence-electron chi connectivity index (χ3n) is 11.3. The summed E-state index contributed by atoms with van der Waals surface area (Å²) in [6, 6.07) is 0. The maximum atomic E-state index is 12.8. The Kier molecular flexibility index (Phi) is 49.4. The van der Waals surface area contributed by atoms with Gasteiger partial charge in [-0.05, 0) is 57.8 Å². The van der Waals surface area contributed by atoms with Crippen LogP contribution < -0.4 is 0 Å². The number of carbonyl (C=O) groups is 3. The number of hydrogen-bond acceptors (Lipinski definition) is 6. The Morgan fingerprint density at radius 3 is 1.02 bits per heavy atom. The second-order valence-electron chi connectivity index (χ2n) is 17.6. The number of carbonyl (C=O) groups excluding carboxylic acids is 3. The molecule has 0 aromatic rings. The second-order valence-corrected chi connectivity index (χ2v) is 17.6. The first kappa shape index (κ1) is 60.6. The minimum atomic E-state index is -0.796. The fourth-order valence-electron chi connectivity index (χ4n) is 7.21. The van der Waals surface area contributed by atoms with Crippen molar-refractivity contribution in [2.45, 2.75) is 252 Å². The zero-order valence-corrected chi connectivity index (χ0v) is 41.8. The lowest BCUT2D eigenvalue weighted by atomic mass is 10.0. The summed E-state index contributed by atoms with van der Waals surface area (Å²) in [6.45, 7) is 6.46. The fourth-order valence-corrected chi connectivity index (χ4v) is 7.21. The summed E-state index contributed by atoms with van der Waals surface area (Å²) in [4.78, 5) is 38.0. The Morgan fingerprint density at radius 2 is 0.609 bits per heavy atom. The van der Waals surface area contributed by atoms with Crippen molar-refractivity contribution in [3.05, 3.63) is 85.1 Å². The van der Waals surface area contributed by atoms with E-state index in [0.717, 1.165) is 96.3 Å². The normalized spacial score (nSPS) is 12.7. The van der Waals surface area contributed by atoms with E-state index in [0.29, 0.717) is 19.3 Å². The molecule has 6 heteroatoms. The molecular weight excluding hydrogens is 793 g/mol. The van der Waals surface area contributed by atoms with Crippen LogP contribution in [0.2, 0.25) is 0 Å². The van der Waals surface area contributed by atoms with Gasteiger partial charge in [-0.3, -0.25) is 14.4 Å². The van der Waals surface area contributed by atoms with Crippen molar-refractivity contribution in [2.75, 3.05) is 13.2 Å². The number of unbranched alkanes of at least 4 members (excludes halogenated alkanes) is 27. The van der Waals surface area contributed by atoms with Crippen molar-refractivity contribution in [3.8, 4) is 0 Å². The number of esters is 3. The Labute approximate surface area is 395 Å². The first-order valence-corrected chi connectivity index (χ1v) is 26.7. The molecule has 0 N–H and O–H groups in total. The zero-order chi connectivity index (χ0) is 46.5. The summed E-state index contributed by atoms with van der Waals surface area (Å²) in [5, 5.41) is 0. The fraction of sp³-hybridized carbons (Fsp3) is 0.707. The van der Waals surface area contributed by atoms with Gasteiger partial charge in [0.25, 0.3) is 0 Å². The third-order valence-corrected chi connectivity index (χ3v) is 11.3. The molecular formula is C58H98O6. The van der Waals surface area contributed by atoms with Gasteiger partial charge in [-0.15, -0.1) is 0 Å². The lowest BCUT2D eigenvalue weighted by Gasteiger charge is -2.18. The lowest BCUT2D eigenvalue weighted by Crippen LogP contribution is -2.30. The minimum Gasteiger partial charge on any atom is -0.462 e. The highest BCUT2D eigenvalue weighted by Crippen LogP contribution is 2.15. The summed E-state index contributed by atoms with van der Waals surface area (Å²) in [6.07, 6.45) is 67.1. The topological polar surface area (TPSA) is 78.9 Å². The van der Waals surface area contributed by atoms with Crippen LogP contribution in [-0.2, 0) is 28.6 Å². The molecule has 0 fully saturated rings. The molecule has 0 saturated carbocycles. The number of rotatable bonds is 47. The molecule has 0 aliphatic carbocycles. The van der Waals surface area contributed by atoms with Gasteiger partial charge in [0.1, 0.15) is 13.2 Å². The average molecular weight is 891 g/mol. The molecule has 64 heavy (non-hydrogen) atoms. The largest absolute Gasteiger partial charge is 0.462 e. The quantitative estimate of drug-likeness (QED) is 0.0262. The SMILES string of the molecule is CCC\C=C/C=C\C=C/C=C\C=C/CCCCCCCC(=O)OCC(COC(=O)CCCCC/C=C\C=C/CCCC)OC(=O)CCCCCCCCCCCCCCCCCCC. The van der Waals surface area contributed by atoms with E-state index in [4.69, 9.17) is 14.2 Å². The van der Waals surface area contributed by atoms with E-state index in [-0.39, 0.29) is 31.1 Å². The van der Waals surface area contributed by atoms with Gasteiger partial charge in [-0.2, -0.15) is 0 Å². The van der Waals surface area contributed by atoms with Crippen LogP contribution in [0.25, 0.3) is 0 Å². The highest BCUT2D eigenvalue weighted by molar-refractivity contribution is 5.71. The van der Waals surface area contributed by atoms with E-state index >= 15 is 0 Å². The number of ether oxygens (including phenoxy) is 3. The molecule has 1 atom stereocenters. The van der Waals surface area contributed by atoms with Crippen molar-refractivity contribution >= 4 is 17.9 Å². The molecule has 0 aromatic carbocycles. The molecule has 0 radical (unpaired) electrons. The number of allylic oxidation sites excluding steroid dienone is 14. The molecule has 366 valence electrons. The summed E-state index contributed by atoms with van der Waals surface area (Å²) >= 11 is 0. The average Bonchev–Trinajstić information content (AvgIpc) is 3.29. The second kappa shape index (κ2) is 52.2. The van der Waals surface area contributed by atoms with Crippen LogP contribution >= 0.6 is 0 Å². The van der Waals surface area contributed by atoms with Crippen LogP contribution in [-0.4, -0.2) is 37.2 Å².